The monoisotopic (exact) mass is 208 g/mol. The van der Waals surface area contributed by atoms with E-state index in [1.165, 1.54) is 5.69 Å². The van der Waals surface area contributed by atoms with Crippen LogP contribution in [-0.4, -0.2) is 34.2 Å². The van der Waals surface area contributed by atoms with Crippen LogP contribution in [0.25, 0.3) is 0 Å². The molecule has 0 heterocycles. The lowest BCUT2D eigenvalue weighted by atomic mass is 10.2. The molecule has 0 unspecified atom stereocenters. The lowest BCUT2D eigenvalue weighted by molar-refractivity contribution is 0.254. The number of amides is 2. The molecule has 0 saturated heterocycles. The molecule has 0 aliphatic rings. The SMILES string of the molecule is CNC(=O)Nc1ccc([N+](C)(C)C)cc1. The van der Waals surface area contributed by atoms with Crippen LogP contribution in [-0.2, 0) is 0 Å². The Bertz CT molecular complexity index is 338. The van der Waals surface area contributed by atoms with Crippen LogP contribution >= 0.6 is 0 Å². The van der Waals surface area contributed by atoms with Crippen molar-refractivity contribution in [3.05, 3.63) is 24.3 Å². The number of anilines is 1. The third-order valence-corrected chi connectivity index (χ3v) is 2.13. The van der Waals surface area contributed by atoms with Gasteiger partial charge in [-0.2, -0.15) is 0 Å². The molecule has 0 radical (unpaired) electrons. The van der Waals surface area contributed by atoms with Crippen LogP contribution in [0.5, 0.6) is 0 Å². The fourth-order valence-electron chi connectivity index (χ4n) is 1.19. The molecule has 0 atom stereocenters. The number of nitrogens with zero attached hydrogens (tertiary/aromatic N) is 1. The van der Waals surface area contributed by atoms with Gasteiger partial charge in [-0.1, -0.05) is 0 Å². The van der Waals surface area contributed by atoms with Crippen LogP contribution in [0.15, 0.2) is 24.3 Å². The Balaban J connectivity index is 2.77. The van der Waals surface area contributed by atoms with E-state index in [2.05, 4.69) is 31.8 Å². The van der Waals surface area contributed by atoms with Gasteiger partial charge in [-0.3, -0.25) is 4.48 Å². The van der Waals surface area contributed by atoms with E-state index >= 15 is 0 Å². The molecule has 0 aromatic heterocycles. The Labute approximate surface area is 90.5 Å². The van der Waals surface area contributed by atoms with Crippen molar-refractivity contribution in [3.63, 3.8) is 0 Å². The van der Waals surface area contributed by atoms with Gasteiger partial charge in [-0.05, 0) is 12.1 Å². The lowest BCUT2D eigenvalue weighted by Gasteiger charge is -2.23. The Morgan fingerprint density at radius 1 is 1.13 bits per heavy atom. The summed E-state index contributed by atoms with van der Waals surface area (Å²) in [5.74, 6) is 0. The largest absolute Gasteiger partial charge is 0.341 e. The number of hydrogen-bond acceptors (Lipinski definition) is 1. The summed E-state index contributed by atoms with van der Waals surface area (Å²) in [6.45, 7) is 0. The second-order valence-corrected chi connectivity index (χ2v) is 4.26. The molecule has 0 bridgehead atoms. The number of quaternary nitrogens is 1. The van der Waals surface area contributed by atoms with Gasteiger partial charge in [0.2, 0.25) is 0 Å². The Morgan fingerprint density at radius 2 is 1.67 bits per heavy atom. The van der Waals surface area contributed by atoms with Gasteiger partial charge < -0.3 is 10.6 Å². The molecule has 4 nitrogen and oxygen atoms in total. The molecule has 0 spiro atoms. The molecule has 1 rings (SSSR count). The summed E-state index contributed by atoms with van der Waals surface area (Å²) >= 11 is 0. The maximum absolute atomic E-state index is 11.0. The van der Waals surface area contributed by atoms with E-state index in [-0.39, 0.29) is 6.03 Å². The first-order valence-electron chi connectivity index (χ1n) is 4.84. The lowest BCUT2D eigenvalue weighted by Crippen LogP contribution is -2.34. The predicted octanol–water partition coefficient (Wildman–Crippen LogP) is 1.63. The fraction of sp³-hybridized carbons (Fsp3) is 0.364. The molecular formula is C11H18N3O+. The maximum atomic E-state index is 11.0. The van der Waals surface area contributed by atoms with E-state index in [9.17, 15) is 4.79 Å². The second-order valence-electron chi connectivity index (χ2n) is 4.26. The molecule has 82 valence electrons. The third kappa shape index (κ3) is 3.25. The van der Waals surface area contributed by atoms with Crippen LogP contribution in [0.2, 0.25) is 0 Å². The minimum atomic E-state index is -0.201. The highest BCUT2D eigenvalue weighted by atomic mass is 16.2. The Kier molecular flexibility index (Phi) is 3.31. The zero-order chi connectivity index (χ0) is 11.5. The standard InChI is InChI=1S/C11H17N3O/c1-12-11(15)13-9-5-7-10(8-6-9)14(2,3)4/h5-8H,1-4H3,(H-,12,13,15)/p+1. The van der Waals surface area contributed by atoms with Crippen molar-refractivity contribution < 1.29 is 4.79 Å². The van der Waals surface area contributed by atoms with E-state index in [4.69, 9.17) is 0 Å². The van der Waals surface area contributed by atoms with E-state index in [1.807, 2.05) is 24.3 Å². The highest BCUT2D eigenvalue weighted by Crippen LogP contribution is 2.19. The van der Waals surface area contributed by atoms with Gasteiger partial charge >= 0.3 is 6.03 Å². The molecule has 0 aliphatic carbocycles. The first-order chi connectivity index (χ1) is 6.93. The average Bonchev–Trinajstić information content (AvgIpc) is 2.17. The van der Waals surface area contributed by atoms with E-state index in [0.717, 1.165) is 10.2 Å². The molecule has 1 aromatic rings. The number of carbonyl (C=O) groups excluding carboxylic acids is 1. The minimum Gasteiger partial charge on any atom is -0.341 e. The van der Waals surface area contributed by atoms with E-state index in [0.29, 0.717) is 0 Å². The van der Waals surface area contributed by atoms with Crippen molar-refractivity contribution in [2.45, 2.75) is 0 Å². The van der Waals surface area contributed by atoms with Gasteiger partial charge in [0, 0.05) is 24.9 Å². The smallest absolute Gasteiger partial charge is 0.318 e. The molecule has 0 saturated carbocycles. The Morgan fingerprint density at radius 3 is 2.07 bits per heavy atom. The first-order valence-corrected chi connectivity index (χ1v) is 4.84. The summed E-state index contributed by atoms with van der Waals surface area (Å²) in [4.78, 5) is 11.0. The molecule has 2 N–H and O–H groups in total. The number of carbonyl (C=O) groups is 1. The van der Waals surface area contributed by atoms with E-state index in [1.54, 1.807) is 7.05 Å². The van der Waals surface area contributed by atoms with Crippen molar-refractivity contribution in [1.82, 2.24) is 9.80 Å². The van der Waals surface area contributed by atoms with Crippen LogP contribution in [0.4, 0.5) is 16.2 Å². The van der Waals surface area contributed by atoms with Crippen molar-refractivity contribution in [2.24, 2.45) is 0 Å². The van der Waals surface area contributed by atoms with Crippen LogP contribution in [0, 0.1) is 0 Å². The number of benzene rings is 1. The molecule has 4 heteroatoms. The summed E-state index contributed by atoms with van der Waals surface area (Å²) in [7, 11) is 7.89. The van der Waals surface area contributed by atoms with Crippen LogP contribution in [0.1, 0.15) is 0 Å². The quantitative estimate of drug-likeness (QED) is 0.713. The van der Waals surface area contributed by atoms with Crippen LogP contribution in [0.3, 0.4) is 0 Å². The van der Waals surface area contributed by atoms with Gasteiger partial charge in [-0.25, -0.2) is 4.79 Å². The molecule has 1 aromatic carbocycles. The molecule has 0 aliphatic heterocycles. The number of rotatable bonds is 2. The highest BCUT2D eigenvalue weighted by Gasteiger charge is 2.11. The molecule has 15 heavy (non-hydrogen) atoms. The zero-order valence-electron chi connectivity index (χ0n) is 9.66. The van der Waals surface area contributed by atoms with Gasteiger partial charge in [0.05, 0.1) is 21.1 Å². The maximum Gasteiger partial charge on any atom is 0.318 e. The third-order valence-electron chi connectivity index (χ3n) is 2.13. The first kappa shape index (κ1) is 11.5. The average molecular weight is 208 g/mol. The number of hydrogen-bond donors (Lipinski definition) is 2. The summed E-state index contributed by atoms with van der Waals surface area (Å²) in [5.41, 5.74) is 1.99. The summed E-state index contributed by atoms with van der Waals surface area (Å²) in [6, 6.07) is 7.60. The topological polar surface area (TPSA) is 41.1 Å². The van der Waals surface area contributed by atoms with E-state index < -0.39 is 0 Å². The highest BCUT2D eigenvalue weighted by molar-refractivity contribution is 5.89. The second kappa shape index (κ2) is 4.31. The van der Waals surface area contributed by atoms with Gasteiger partial charge in [-0.15, -0.1) is 0 Å². The van der Waals surface area contributed by atoms with Gasteiger partial charge in [0.1, 0.15) is 5.69 Å². The van der Waals surface area contributed by atoms with Gasteiger partial charge in [0.15, 0.2) is 0 Å². The molecule has 2 amide bonds. The predicted molar refractivity (Wildman–Crippen MR) is 64.1 cm³/mol. The zero-order valence-corrected chi connectivity index (χ0v) is 9.66. The van der Waals surface area contributed by atoms with Crippen molar-refractivity contribution >= 4 is 17.4 Å². The number of urea groups is 1. The molecule has 0 fully saturated rings. The summed E-state index contributed by atoms with van der Waals surface area (Å²) in [6.07, 6.45) is 0. The van der Waals surface area contributed by atoms with Gasteiger partial charge in [0.25, 0.3) is 0 Å². The fourth-order valence-corrected chi connectivity index (χ4v) is 1.19. The van der Waals surface area contributed by atoms with Crippen molar-refractivity contribution in [1.29, 1.82) is 0 Å². The number of nitrogens with one attached hydrogen (secondary N) is 2. The summed E-state index contributed by atoms with van der Waals surface area (Å²) < 4.78 is 0.764. The summed E-state index contributed by atoms with van der Waals surface area (Å²) in [5, 5.41) is 5.22. The van der Waals surface area contributed by atoms with Crippen molar-refractivity contribution in [2.75, 3.05) is 33.5 Å². The van der Waals surface area contributed by atoms with Crippen LogP contribution < -0.4 is 15.1 Å². The minimum absolute atomic E-state index is 0.201. The Hall–Kier alpha value is -1.55. The normalized spacial score (nSPS) is 10.9. The van der Waals surface area contributed by atoms with Crippen molar-refractivity contribution in [3.8, 4) is 0 Å². The molecular weight excluding hydrogens is 190 g/mol.